The van der Waals surface area contributed by atoms with Gasteiger partial charge >= 0.3 is 0 Å². The van der Waals surface area contributed by atoms with Gasteiger partial charge in [-0.2, -0.15) is 5.26 Å². The van der Waals surface area contributed by atoms with Gasteiger partial charge in [-0.1, -0.05) is 72.8 Å². The van der Waals surface area contributed by atoms with Crippen molar-refractivity contribution in [1.29, 1.82) is 5.26 Å². The summed E-state index contributed by atoms with van der Waals surface area (Å²) in [6.07, 6.45) is 0.253. The lowest BCUT2D eigenvalue weighted by atomic mass is 9.90. The van der Waals surface area contributed by atoms with Gasteiger partial charge in [-0.25, -0.2) is 0 Å². The van der Waals surface area contributed by atoms with Crippen molar-refractivity contribution in [3.63, 3.8) is 0 Å². The first-order valence-corrected chi connectivity index (χ1v) is 9.27. The number of hydrogen-bond acceptors (Lipinski definition) is 3. The summed E-state index contributed by atoms with van der Waals surface area (Å²) < 4.78 is 0. The van der Waals surface area contributed by atoms with Crippen LogP contribution in [0.25, 0.3) is 0 Å². The van der Waals surface area contributed by atoms with Crippen molar-refractivity contribution in [3.8, 4) is 6.07 Å². The molecule has 5 nitrogen and oxygen atoms in total. The standard InChI is InChI=1S/C24H21N3O2/c25-16-18-13-11-17(12-14-18)15-21(23(26)28)27-24(29)22(19-7-3-1-4-8-19)20-9-5-2-6-10-20/h1-14,21-22H,15H2,(H2,26,28)(H,27,29)/t21-/m1/s1. The summed E-state index contributed by atoms with van der Waals surface area (Å²) in [4.78, 5) is 25.2. The summed E-state index contributed by atoms with van der Waals surface area (Å²) in [7, 11) is 0. The van der Waals surface area contributed by atoms with E-state index in [0.29, 0.717) is 5.56 Å². The van der Waals surface area contributed by atoms with Gasteiger partial charge < -0.3 is 11.1 Å². The lowest BCUT2D eigenvalue weighted by Gasteiger charge is -2.22. The second-order valence-electron chi connectivity index (χ2n) is 6.73. The van der Waals surface area contributed by atoms with Crippen LogP contribution in [0.3, 0.4) is 0 Å². The molecular weight excluding hydrogens is 362 g/mol. The van der Waals surface area contributed by atoms with E-state index in [4.69, 9.17) is 11.0 Å². The molecule has 0 radical (unpaired) electrons. The lowest BCUT2D eigenvalue weighted by Crippen LogP contribution is -2.47. The second kappa shape index (κ2) is 9.34. The maximum absolute atomic E-state index is 13.2. The molecule has 0 bridgehead atoms. The average Bonchev–Trinajstić information content (AvgIpc) is 2.75. The Labute approximate surface area is 169 Å². The van der Waals surface area contributed by atoms with Crippen LogP contribution in [0, 0.1) is 11.3 Å². The molecular formula is C24H21N3O2. The molecule has 0 fully saturated rings. The fourth-order valence-electron chi connectivity index (χ4n) is 3.22. The number of rotatable bonds is 7. The van der Waals surface area contributed by atoms with Crippen LogP contribution < -0.4 is 11.1 Å². The van der Waals surface area contributed by atoms with Crippen LogP contribution in [-0.2, 0) is 16.0 Å². The van der Waals surface area contributed by atoms with Crippen molar-refractivity contribution in [3.05, 3.63) is 107 Å². The summed E-state index contributed by atoms with van der Waals surface area (Å²) in [6.45, 7) is 0. The summed E-state index contributed by atoms with van der Waals surface area (Å²) >= 11 is 0. The number of nitrogens with one attached hydrogen (secondary N) is 1. The topological polar surface area (TPSA) is 96.0 Å². The highest BCUT2D eigenvalue weighted by molar-refractivity contribution is 5.92. The predicted octanol–water partition coefficient (Wildman–Crippen LogP) is 2.90. The van der Waals surface area contributed by atoms with Crippen molar-refractivity contribution in [2.45, 2.75) is 18.4 Å². The number of nitrogens with zero attached hydrogens (tertiary/aromatic N) is 1. The van der Waals surface area contributed by atoms with Gasteiger partial charge in [0.05, 0.1) is 17.6 Å². The van der Waals surface area contributed by atoms with Crippen LogP contribution in [-0.4, -0.2) is 17.9 Å². The summed E-state index contributed by atoms with van der Waals surface area (Å²) in [5.41, 5.74) is 8.56. The average molecular weight is 383 g/mol. The van der Waals surface area contributed by atoms with Crippen molar-refractivity contribution in [2.24, 2.45) is 5.73 Å². The summed E-state index contributed by atoms with van der Waals surface area (Å²) in [6, 6.07) is 26.9. The van der Waals surface area contributed by atoms with Crippen LogP contribution in [0.15, 0.2) is 84.9 Å². The van der Waals surface area contributed by atoms with E-state index in [-0.39, 0.29) is 12.3 Å². The Morgan fingerprint density at radius 2 is 1.38 bits per heavy atom. The second-order valence-corrected chi connectivity index (χ2v) is 6.73. The van der Waals surface area contributed by atoms with Crippen LogP contribution in [0.2, 0.25) is 0 Å². The van der Waals surface area contributed by atoms with Gasteiger partial charge in [0.1, 0.15) is 6.04 Å². The molecule has 0 aliphatic carbocycles. The summed E-state index contributed by atoms with van der Waals surface area (Å²) in [5.74, 6) is -1.46. The van der Waals surface area contributed by atoms with Crippen molar-refractivity contribution >= 4 is 11.8 Å². The summed E-state index contributed by atoms with van der Waals surface area (Å²) in [5, 5.41) is 11.7. The van der Waals surface area contributed by atoms with Crippen LogP contribution in [0.5, 0.6) is 0 Å². The van der Waals surface area contributed by atoms with Gasteiger partial charge in [-0.05, 0) is 28.8 Å². The fraction of sp³-hybridized carbons (Fsp3) is 0.125. The third-order valence-electron chi connectivity index (χ3n) is 4.71. The Morgan fingerprint density at radius 3 is 1.83 bits per heavy atom. The molecule has 1 atom stereocenters. The first-order chi connectivity index (χ1) is 14.1. The van der Waals surface area contributed by atoms with Gasteiger partial charge in [0.2, 0.25) is 11.8 Å². The Hall–Kier alpha value is -3.91. The quantitative estimate of drug-likeness (QED) is 0.657. The molecule has 2 amide bonds. The smallest absolute Gasteiger partial charge is 0.240 e. The van der Waals surface area contributed by atoms with Crippen LogP contribution >= 0.6 is 0 Å². The third-order valence-corrected chi connectivity index (χ3v) is 4.71. The number of primary amides is 1. The van der Waals surface area contributed by atoms with Gasteiger partial charge in [-0.15, -0.1) is 0 Å². The van der Waals surface area contributed by atoms with E-state index in [1.807, 2.05) is 60.7 Å². The van der Waals surface area contributed by atoms with E-state index in [1.165, 1.54) is 0 Å². The minimum Gasteiger partial charge on any atom is -0.368 e. The monoisotopic (exact) mass is 383 g/mol. The molecule has 0 aliphatic heterocycles. The van der Waals surface area contributed by atoms with E-state index in [2.05, 4.69) is 11.4 Å². The van der Waals surface area contributed by atoms with E-state index < -0.39 is 17.9 Å². The fourth-order valence-corrected chi connectivity index (χ4v) is 3.22. The minimum absolute atomic E-state index is 0.253. The number of carbonyl (C=O) groups is 2. The molecule has 0 unspecified atom stereocenters. The predicted molar refractivity (Wildman–Crippen MR) is 111 cm³/mol. The molecule has 3 aromatic rings. The molecule has 3 N–H and O–H groups in total. The van der Waals surface area contributed by atoms with Gasteiger partial charge in [-0.3, -0.25) is 9.59 Å². The molecule has 0 heterocycles. The molecule has 144 valence electrons. The molecule has 3 aromatic carbocycles. The van der Waals surface area contributed by atoms with E-state index in [9.17, 15) is 9.59 Å². The Kier molecular flexibility index (Phi) is 6.39. The van der Waals surface area contributed by atoms with Crippen molar-refractivity contribution < 1.29 is 9.59 Å². The molecule has 0 spiro atoms. The number of benzene rings is 3. The highest BCUT2D eigenvalue weighted by atomic mass is 16.2. The third kappa shape index (κ3) is 5.08. The zero-order valence-corrected chi connectivity index (χ0v) is 15.8. The SMILES string of the molecule is N#Cc1ccc(C[C@@H](NC(=O)C(c2ccccc2)c2ccccc2)C(N)=O)cc1. The van der Waals surface area contributed by atoms with Gasteiger partial charge in [0, 0.05) is 6.42 Å². The Bertz CT molecular complexity index is 970. The number of hydrogen-bond donors (Lipinski definition) is 2. The highest BCUT2D eigenvalue weighted by Gasteiger charge is 2.27. The molecule has 0 saturated heterocycles. The largest absolute Gasteiger partial charge is 0.368 e. The van der Waals surface area contributed by atoms with E-state index in [0.717, 1.165) is 16.7 Å². The highest BCUT2D eigenvalue weighted by Crippen LogP contribution is 2.25. The van der Waals surface area contributed by atoms with Gasteiger partial charge in [0.25, 0.3) is 0 Å². The Balaban J connectivity index is 1.84. The van der Waals surface area contributed by atoms with Crippen LogP contribution in [0.4, 0.5) is 0 Å². The van der Waals surface area contributed by atoms with Gasteiger partial charge in [0.15, 0.2) is 0 Å². The number of amides is 2. The lowest BCUT2D eigenvalue weighted by molar-refractivity contribution is -0.127. The molecule has 0 aromatic heterocycles. The first-order valence-electron chi connectivity index (χ1n) is 9.27. The van der Waals surface area contributed by atoms with E-state index in [1.54, 1.807) is 24.3 Å². The van der Waals surface area contributed by atoms with Crippen LogP contribution in [0.1, 0.15) is 28.2 Å². The molecule has 0 aliphatic rings. The van der Waals surface area contributed by atoms with Crippen molar-refractivity contribution in [2.75, 3.05) is 0 Å². The Morgan fingerprint density at radius 1 is 0.862 bits per heavy atom. The molecule has 5 heteroatoms. The zero-order chi connectivity index (χ0) is 20.6. The normalized spacial score (nSPS) is 11.4. The molecule has 0 saturated carbocycles. The first kappa shape index (κ1) is 19.8. The minimum atomic E-state index is -0.856. The maximum atomic E-state index is 13.2. The number of carbonyl (C=O) groups excluding carboxylic acids is 2. The van der Waals surface area contributed by atoms with E-state index >= 15 is 0 Å². The number of nitriles is 1. The van der Waals surface area contributed by atoms with Crippen molar-refractivity contribution in [1.82, 2.24) is 5.32 Å². The zero-order valence-electron chi connectivity index (χ0n) is 15.8. The molecule has 29 heavy (non-hydrogen) atoms. The maximum Gasteiger partial charge on any atom is 0.240 e. The number of nitrogens with two attached hydrogens (primary N) is 1. The molecule has 3 rings (SSSR count).